The minimum atomic E-state index is 0.0374. The molecule has 0 unspecified atom stereocenters. The van der Waals surface area contributed by atoms with E-state index in [0.29, 0.717) is 12.2 Å². The van der Waals surface area contributed by atoms with Crippen LogP contribution in [0.4, 0.5) is 5.82 Å². The van der Waals surface area contributed by atoms with Crippen molar-refractivity contribution in [3.8, 4) is 5.69 Å². The van der Waals surface area contributed by atoms with Gasteiger partial charge in [-0.1, -0.05) is 0 Å². The van der Waals surface area contributed by atoms with Crippen molar-refractivity contribution >= 4 is 11.7 Å². The molecular formula is C11H10N4O. The van der Waals surface area contributed by atoms with Gasteiger partial charge in [0.1, 0.15) is 5.82 Å². The number of imidazole rings is 1. The lowest BCUT2D eigenvalue weighted by atomic mass is 10.1. The van der Waals surface area contributed by atoms with Crippen molar-refractivity contribution in [2.45, 2.75) is 12.8 Å². The fourth-order valence-electron chi connectivity index (χ4n) is 1.80. The molecule has 0 spiro atoms. The molecule has 0 fully saturated rings. The molecule has 0 saturated carbocycles. The highest BCUT2D eigenvalue weighted by molar-refractivity contribution is 5.92. The van der Waals surface area contributed by atoms with Gasteiger partial charge in [-0.15, -0.1) is 0 Å². The number of carbonyl (C=O) groups is 1. The molecule has 5 nitrogen and oxygen atoms in total. The number of rotatable bonds is 1. The van der Waals surface area contributed by atoms with Crippen molar-refractivity contribution in [1.29, 1.82) is 0 Å². The van der Waals surface area contributed by atoms with Gasteiger partial charge in [-0.05, 0) is 18.1 Å². The Hall–Kier alpha value is -2.17. The van der Waals surface area contributed by atoms with E-state index >= 15 is 0 Å². The summed E-state index contributed by atoms with van der Waals surface area (Å²) in [5.41, 5.74) is 2.04. The highest BCUT2D eigenvalue weighted by atomic mass is 16.1. The first-order valence-corrected chi connectivity index (χ1v) is 5.10. The van der Waals surface area contributed by atoms with Crippen LogP contribution in [-0.2, 0) is 11.2 Å². The van der Waals surface area contributed by atoms with Crippen LogP contribution >= 0.6 is 0 Å². The molecule has 5 heteroatoms. The van der Waals surface area contributed by atoms with E-state index in [1.165, 1.54) is 0 Å². The quantitative estimate of drug-likeness (QED) is 0.774. The van der Waals surface area contributed by atoms with Gasteiger partial charge in [-0.25, -0.2) is 9.97 Å². The van der Waals surface area contributed by atoms with Crippen molar-refractivity contribution < 1.29 is 4.79 Å². The Morgan fingerprint density at radius 3 is 3.12 bits per heavy atom. The number of anilines is 1. The van der Waals surface area contributed by atoms with E-state index in [1.807, 2.05) is 16.8 Å². The maximum absolute atomic E-state index is 11.2. The van der Waals surface area contributed by atoms with Crippen LogP contribution in [0.15, 0.2) is 31.0 Å². The van der Waals surface area contributed by atoms with E-state index in [1.54, 1.807) is 18.7 Å². The van der Waals surface area contributed by atoms with E-state index in [9.17, 15) is 4.79 Å². The van der Waals surface area contributed by atoms with Crippen molar-refractivity contribution in [3.63, 3.8) is 0 Å². The summed E-state index contributed by atoms with van der Waals surface area (Å²) >= 11 is 0. The lowest BCUT2D eigenvalue weighted by Gasteiger charge is -2.16. The minimum absolute atomic E-state index is 0.0374. The zero-order chi connectivity index (χ0) is 11.0. The fraction of sp³-hybridized carbons (Fsp3) is 0.182. The predicted molar refractivity (Wildman–Crippen MR) is 58.3 cm³/mol. The molecule has 2 aromatic rings. The third-order valence-electron chi connectivity index (χ3n) is 2.63. The van der Waals surface area contributed by atoms with Gasteiger partial charge in [0.25, 0.3) is 0 Å². The Morgan fingerprint density at radius 1 is 1.38 bits per heavy atom. The van der Waals surface area contributed by atoms with Crippen molar-refractivity contribution in [2.24, 2.45) is 0 Å². The van der Waals surface area contributed by atoms with Crippen LogP contribution in [-0.4, -0.2) is 20.4 Å². The number of aromatic nitrogens is 3. The number of aryl methyl sites for hydroxylation is 1. The molecule has 0 radical (unpaired) electrons. The van der Waals surface area contributed by atoms with Crippen LogP contribution in [0.3, 0.4) is 0 Å². The Bertz CT molecular complexity index is 533. The van der Waals surface area contributed by atoms with E-state index < -0.39 is 0 Å². The molecule has 0 saturated heterocycles. The Morgan fingerprint density at radius 2 is 2.31 bits per heavy atom. The number of pyridine rings is 1. The summed E-state index contributed by atoms with van der Waals surface area (Å²) in [6.45, 7) is 0. The fourth-order valence-corrected chi connectivity index (χ4v) is 1.80. The molecule has 1 amide bonds. The number of carbonyl (C=O) groups excluding carboxylic acids is 1. The average molecular weight is 214 g/mol. The van der Waals surface area contributed by atoms with Gasteiger partial charge in [0.2, 0.25) is 5.91 Å². The highest BCUT2D eigenvalue weighted by Gasteiger charge is 2.16. The van der Waals surface area contributed by atoms with Crippen molar-refractivity contribution in [2.75, 3.05) is 5.32 Å². The van der Waals surface area contributed by atoms with Gasteiger partial charge in [-0.3, -0.25) is 4.79 Å². The summed E-state index contributed by atoms with van der Waals surface area (Å²) in [5.74, 6) is 0.718. The molecular weight excluding hydrogens is 204 g/mol. The third-order valence-corrected chi connectivity index (χ3v) is 2.63. The Kier molecular flexibility index (Phi) is 1.96. The zero-order valence-electron chi connectivity index (χ0n) is 8.55. The number of nitrogens with one attached hydrogen (secondary N) is 1. The van der Waals surface area contributed by atoms with E-state index in [4.69, 9.17) is 0 Å². The lowest BCUT2D eigenvalue weighted by Crippen LogP contribution is -2.20. The number of hydrogen-bond acceptors (Lipinski definition) is 3. The molecule has 80 valence electrons. The third kappa shape index (κ3) is 1.46. The normalized spacial score (nSPS) is 14.4. The summed E-state index contributed by atoms with van der Waals surface area (Å²) in [6.07, 6.45) is 8.32. The number of amides is 1. The lowest BCUT2D eigenvalue weighted by molar-refractivity contribution is -0.116. The first-order chi connectivity index (χ1) is 7.83. The summed E-state index contributed by atoms with van der Waals surface area (Å²) in [5, 5.41) is 2.76. The second kappa shape index (κ2) is 3.44. The van der Waals surface area contributed by atoms with Gasteiger partial charge in [0, 0.05) is 18.8 Å². The Balaban J connectivity index is 2.03. The highest BCUT2D eigenvalue weighted by Crippen LogP contribution is 2.22. The van der Waals surface area contributed by atoms with Gasteiger partial charge in [-0.2, -0.15) is 0 Å². The number of nitrogens with zero attached hydrogens (tertiary/aromatic N) is 3. The summed E-state index contributed by atoms with van der Waals surface area (Å²) in [7, 11) is 0. The molecule has 0 atom stereocenters. The van der Waals surface area contributed by atoms with Crippen molar-refractivity contribution in [3.05, 3.63) is 36.5 Å². The number of fused-ring (bicyclic) bond motifs is 1. The zero-order valence-corrected chi connectivity index (χ0v) is 8.55. The molecule has 3 rings (SSSR count). The molecule has 1 N–H and O–H groups in total. The van der Waals surface area contributed by atoms with E-state index in [0.717, 1.165) is 17.7 Å². The molecule has 0 aliphatic carbocycles. The first-order valence-electron chi connectivity index (χ1n) is 5.10. The van der Waals surface area contributed by atoms with E-state index in [-0.39, 0.29) is 5.91 Å². The van der Waals surface area contributed by atoms with Crippen LogP contribution in [0.5, 0.6) is 0 Å². The second-order valence-electron chi connectivity index (χ2n) is 3.72. The average Bonchev–Trinajstić information content (AvgIpc) is 2.82. The monoisotopic (exact) mass is 214 g/mol. The van der Waals surface area contributed by atoms with E-state index in [2.05, 4.69) is 15.3 Å². The summed E-state index contributed by atoms with van der Waals surface area (Å²) in [6, 6.07) is 2.03. The van der Waals surface area contributed by atoms with Crippen LogP contribution in [0, 0.1) is 0 Å². The molecule has 16 heavy (non-hydrogen) atoms. The standard InChI is InChI=1S/C11H10N4O/c16-10-2-1-8-5-9(6-13-11(8)14-10)15-4-3-12-7-15/h3-7H,1-2H2,(H,13,14,16). The maximum atomic E-state index is 11.2. The van der Waals surface area contributed by atoms with Gasteiger partial charge >= 0.3 is 0 Å². The SMILES string of the molecule is O=C1CCc2cc(-n3ccnc3)cnc2N1. The smallest absolute Gasteiger partial charge is 0.225 e. The first kappa shape index (κ1) is 9.08. The van der Waals surface area contributed by atoms with Crippen LogP contribution in [0.2, 0.25) is 0 Å². The second-order valence-corrected chi connectivity index (χ2v) is 3.72. The molecule has 1 aliphatic rings. The summed E-state index contributed by atoms with van der Waals surface area (Å²) < 4.78 is 1.89. The minimum Gasteiger partial charge on any atom is -0.310 e. The van der Waals surface area contributed by atoms with Crippen molar-refractivity contribution in [1.82, 2.24) is 14.5 Å². The van der Waals surface area contributed by atoms with Gasteiger partial charge in [0.05, 0.1) is 18.2 Å². The predicted octanol–water partition coefficient (Wildman–Crippen LogP) is 1.15. The summed E-state index contributed by atoms with van der Waals surface area (Å²) in [4.78, 5) is 19.4. The Labute approximate surface area is 92.1 Å². The van der Waals surface area contributed by atoms with Gasteiger partial charge < -0.3 is 9.88 Å². The van der Waals surface area contributed by atoms with Crippen LogP contribution < -0.4 is 5.32 Å². The largest absolute Gasteiger partial charge is 0.310 e. The maximum Gasteiger partial charge on any atom is 0.225 e. The van der Waals surface area contributed by atoms with Crippen LogP contribution in [0.25, 0.3) is 5.69 Å². The van der Waals surface area contributed by atoms with Crippen LogP contribution in [0.1, 0.15) is 12.0 Å². The molecule has 0 aromatic carbocycles. The number of hydrogen-bond donors (Lipinski definition) is 1. The molecule has 1 aliphatic heterocycles. The topological polar surface area (TPSA) is 59.8 Å². The molecule has 2 aromatic heterocycles. The molecule has 3 heterocycles. The van der Waals surface area contributed by atoms with Gasteiger partial charge in [0.15, 0.2) is 0 Å². The molecule has 0 bridgehead atoms.